The van der Waals surface area contributed by atoms with Crippen molar-refractivity contribution in [3.63, 3.8) is 0 Å². The van der Waals surface area contributed by atoms with Gasteiger partial charge in [-0.05, 0) is 18.2 Å². The third kappa shape index (κ3) is 2.52. The third-order valence-electron chi connectivity index (χ3n) is 4.32. The molecule has 0 bridgehead atoms. The topological polar surface area (TPSA) is 113 Å². The number of para-hydroxylation sites is 1. The van der Waals surface area contributed by atoms with Crippen LogP contribution >= 0.6 is 0 Å². The molecule has 132 valence electrons. The number of rotatable bonds is 4. The monoisotopic (exact) mass is 353 g/mol. The van der Waals surface area contributed by atoms with E-state index in [0.717, 1.165) is 0 Å². The first-order valence-corrected chi connectivity index (χ1v) is 7.62. The predicted octanol–water partition coefficient (Wildman–Crippen LogP) is 1.95. The van der Waals surface area contributed by atoms with Gasteiger partial charge in [0, 0.05) is 30.4 Å². The van der Waals surface area contributed by atoms with Crippen molar-refractivity contribution in [3.05, 3.63) is 76.4 Å². The van der Waals surface area contributed by atoms with Crippen LogP contribution in [0, 0.1) is 10.1 Å². The molecule has 1 aliphatic rings. The van der Waals surface area contributed by atoms with Gasteiger partial charge in [0.05, 0.1) is 16.2 Å². The Morgan fingerprint density at radius 1 is 1.23 bits per heavy atom. The van der Waals surface area contributed by atoms with Gasteiger partial charge in [0.15, 0.2) is 0 Å². The van der Waals surface area contributed by atoms with Gasteiger partial charge in [0.25, 0.3) is 17.5 Å². The van der Waals surface area contributed by atoms with Crippen LogP contribution < -0.4 is 10.2 Å². The second-order valence-electron chi connectivity index (χ2n) is 5.83. The van der Waals surface area contributed by atoms with Crippen LogP contribution in [0.25, 0.3) is 0 Å². The maximum absolute atomic E-state index is 12.6. The Hall–Kier alpha value is -3.52. The number of carbonyl (C=O) groups excluding carboxylic acids is 2. The molecule has 0 fully saturated rings. The smallest absolute Gasteiger partial charge is 0.269 e. The van der Waals surface area contributed by atoms with Crippen molar-refractivity contribution in [1.82, 2.24) is 0 Å². The van der Waals surface area contributed by atoms with E-state index in [2.05, 4.69) is 11.9 Å². The van der Waals surface area contributed by atoms with Crippen LogP contribution in [0.15, 0.2) is 60.7 Å². The Kier molecular flexibility index (Phi) is 4.05. The van der Waals surface area contributed by atoms with E-state index < -0.39 is 22.3 Å². The highest BCUT2D eigenvalue weighted by Gasteiger charge is 2.52. The van der Waals surface area contributed by atoms with Gasteiger partial charge in [-0.2, -0.15) is 0 Å². The zero-order valence-corrected chi connectivity index (χ0v) is 13.8. The molecular formula is C18H15N3O5. The number of nitro benzene ring substituents is 1. The molecule has 0 radical (unpaired) electrons. The minimum Gasteiger partial charge on any atom is -0.372 e. The average Bonchev–Trinajstić information content (AvgIpc) is 2.84. The highest BCUT2D eigenvalue weighted by Crippen LogP contribution is 2.43. The fourth-order valence-corrected chi connectivity index (χ4v) is 2.87. The lowest BCUT2D eigenvalue weighted by Gasteiger charge is -2.23. The van der Waals surface area contributed by atoms with Crippen LogP contribution in [-0.4, -0.2) is 28.9 Å². The molecule has 8 heteroatoms. The molecule has 1 atom stereocenters. The molecule has 3 rings (SSSR count). The number of carbonyl (C=O) groups is 2. The highest BCUT2D eigenvalue weighted by atomic mass is 16.6. The number of nitro groups is 1. The molecule has 8 nitrogen and oxygen atoms in total. The summed E-state index contributed by atoms with van der Waals surface area (Å²) in [7, 11) is 1.50. The van der Waals surface area contributed by atoms with E-state index in [0.29, 0.717) is 5.69 Å². The Morgan fingerprint density at radius 2 is 1.85 bits per heavy atom. The zero-order chi connectivity index (χ0) is 19.1. The van der Waals surface area contributed by atoms with Crippen LogP contribution in [0.4, 0.5) is 17.1 Å². The lowest BCUT2D eigenvalue weighted by Crippen LogP contribution is -2.43. The number of anilines is 2. The van der Waals surface area contributed by atoms with Crippen LogP contribution in [0.5, 0.6) is 0 Å². The predicted molar refractivity (Wildman–Crippen MR) is 94.6 cm³/mol. The number of amides is 2. The SMILES string of the molecule is C=C(C(=O)Nc1ccc([N+](=O)[O-])cc1)C1(O)C(=O)N(C)c2ccccc21. The summed E-state index contributed by atoms with van der Waals surface area (Å²) in [6.07, 6.45) is 0. The molecule has 2 aromatic carbocycles. The molecule has 0 aromatic heterocycles. The summed E-state index contributed by atoms with van der Waals surface area (Å²) in [6, 6.07) is 11.8. The van der Waals surface area contributed by atoms with Crippen LogP contribution in [0.1, 0.15) is 5.56 Å². The van der Waals surface area contributed by atoms with Crippen LogP contribution in [-0.2, 0) is 15.2 Å². The summed E-state index contributed by atoms with van der Waals surface area (Å²) in [5.74, 6) is -1.44. The van der Waals surface area contributed by atoms with Gasteiger partial charge in [-0.15, -0.1) is 0 Å². The van der Waals surface area contributed by atoms with Gasteiger partial charge < -0.3 is 15.3 Å². The maximum Gasteiger partial charge on any atom is 0.269 e. The van der Waals surface area contributed by atoms with E-state index in [9.17, 15) is 24.8 Å². The fourth-order valence-electron chi connectivity index (χ4n) is 2.87. The number of hydrogen-bond acceptors (Lipinski definition) is 5. The number of aliphatic hydroxyl groups is 1. The first kappa shape index (κ1) is 17.3. The lowest BCUT2D eigenvalue weighted by atomic mass is 9.87. The van der Waals surface area contributed by atoms with E-state index in [-0.39, 0.29) is 22.5 Å². The van der Waals surface area contributed by atoms with Crippen molar-refractivity contribution >= 4 is 28.9 Å². The number of benzene rings is 2. The van der Waals surface area contributed by atoms with Gasteiger partial charge in [-0.1, -0.05) is 24.8 Å². The Bertz CT molecular complexity index is 938. The van der Waals surface area contributed by atoms with Gasteiger partial charge >= 0.3 is 0 Å². The Balaban J connectivity index is 1.87. The molecule has 2 N–H and O–H groups in total. The highest BCUT2D eigenvalue weighted by molar-refractivity contribution is 6.17. The first-order chi connectivity index (χ1) is 12.3. The summed E-state index contributed by atoms with van der Waals surface area (Å²) in [4.78, 5) is 36.4. The number of fused-ring (bicyclic) bond motifs is 1. The largest absolute Gasteiger partial charge is 0.372 e. The second kappa shape index (κ2) is 6.08. The fraction of sp³-hybridized carbons (Fsp3) is 0.111. The van der Waals surface area contributed by atoms with Gasteiger partial charge in [0.1, 0.15) is 0 Å². The third-order valence-corrected chi connectivity index (χ3v) is 4.32. The summed E-state index contributed by atoms with van der Waals surface area (Å²) >= 11 is 0. The molecule has 0 aliphatic carbocycles. The first-order valence-electron chi connectivity index (χ1n) is 7.62. The van der Waals surface area contributed by atoms with E-state index in [1.165, 1.54) is 36.2 Å². The quantitative estimate of drug-likeness (QED) is 0.496. The molecular weight excluding hydrogens is 338 g/mol. The van der Waals surface area contributed by atoms with E-state index in [1.807, 2.05) is 0 Å². The Labute approximate surface area is 148 Å². The molecule has 0 saturated heterocycles. The summed E-state index contributed by atoms with van der Waals surface area (Å²) < 4.78 is 0. The normalized spacial score (nSPS) is 18.4. The molecule has 1 aliphatic heterocycles. The molecule has 0 spiro atoms. The minimum atomic E-state index is -2.17. The second-order valence-corrected chi connectivity index (χ2v) is 5.83. The molecule has 1 heterocycles. The van der Waals surface area contributed by atoms with Gasteiger partial charge in [-0.25, -0.2) is 0 Å². The van der Waals surface area contributed by atoms with E-state index >= 15 is 0 Å². The van der Waals surface area contributed by atoms with Crippen molar-refractivity contribution in [2.75, 3.05) is 17.3 Å². The molecule has 2 aromatic rings. The zero-order valence-electron chi connectivity index (χ0n) is 13.8. The number of nitrogens with zero attached hydrogens (tertiary/aromatic N) is 2. The lowest BCUT2D eigenvalue weighted by molar-refractivity contribution is -0.384. The van der Waals surface area contributed by atoms with Crippen molar-refractivity contribution < 1.29 is 19.6 Å². The van der Waals surface area contributed by atoms with Crippen LogP contribution in [0.3, 0.4) is 0 Å². The van der Waals surface area contributed by atoms with Crippen molar-refractivity contribution in [3.8, 4) is 0 Å². The van der Waals surface area contributed by atoms with Crippen molar-refractivity contribution in [2.24, 2.45) is 0 Å². The molecule has 26 heavy (non-hydrogen) atoms. The number of non-ortho nitro benzene ring substituents is 1. The van der Waals surface area contributed by atoms with E-state index in [1.54, 1.807) is 24.3 Å². The average molecular weight is 353 g/mol. The standard InChI is InChI=1S/C18H15N3O5/c1-11(16(22)19-12-7-9-13(10-8-12)21(25)26)18(24)14-5-3-4-6-15(14)20(2)17(18)23/h3-10,24H,1H2,2H3,(H,19,22). The Morgan fingerprint density at radius 3 is 2.46 bits per heavy atom. The molecule has 2 amide bonds. The number of likely N-dealkylation sites (N-methyl/N-ethyl adjacent to an activating group) is 1. The molecule has 1 unspecified atom stereocenters. The summed E-state index contributed by atoms with van der Waals surface area (Å²) in [5.41, 5.74) is -1.59. The van der Waals surface area contributed by atoms with Gasteiger partial charge in [0.2, 0.25) is 5.60 Å². The van der Waals surface area contributed by atoms with Crippen LogP contribution in [0.2, 0.25) is 0 Å². The van der Waals surface area contributed by atoms with Crippen molar-refractivity contribution in [2.45, 2.75) is 5.60 Å². The minimum absolute atomic E-state index is 0.123. The van der Waals surface area contributed by atoms with E-state index in [4.69, 9.17) is 0 Å². The van der Waals surface area contributed by atoms with Gasteiger partial charge in [-0.3, -0.25) is 19.7 Å². The number of hydrogen-bond donors (Lipinski definition) is 2. The van der Waals surface area contributed by atoms with Crippen molar-refractivity contribution in [1.29, 1.82) is 0 Å². The summed E-state index contributed by atoms with van der Waals surface area (Å²) in [6.45, 7) is 3.62. The summed E-state index contributed by atoms with van der Waals surface area (Å²) in [5, 5.41) is 24.1. The number of nitrogens with one attached hydrogen (secondary N) is 1. The molecule has 0 saturated carbocycles. The maximum atomic E-state index is 12.6.